The van der Waals surface area contributed by atoms with Crippen LogP contribution in [-0.2, 0) is 10.0 Å². The average molecular weight is 305 g/mol. The summed E-state index contributed by atoms with van der Waals surface area (Å²) in [5.74, 6) is 4.65. The molecule has 1 aromatic carbocycles. The standard InChI is InChI=1S/C14H12FN3O2S/c15-12-6-7-13(11(10-12)4-3-8-16)21(19,20)18-14-5-1-2-9-17-14/h1-2,5-7,9-10H,8,16H2,(H,17,18). The normalized spacial score (nSPS) is 10.6. The lowest BCUT2D eigenvalue weighted by Gasteiger charge is -2.09. The fourth-order valence-electron chi connectivity index (χ4n) is 1.60. The number of benzene rings is 1. The first kappa shape index (κ1) is 15.0. The fraction of sp³-hybridized carbons (Fsp3) is 0.0714. The molecule has 7 heteroatoms. The molecular weight excluding hydrogens is 293 g/mol. The van der Waals surface area contributed by atoms with Crippen molar-refractivity contribution in [3.63, 3.8) is 0 Å². The first-order chi connectivity index (χ1) is 10.0. The predicted octanol–water partition coefficient (Wildman–Crippen LogP) is 1.33. The first-order valence-corrected chi connectivity index (χ1v) is 7.43. The Kier molecular flexibility index (Phi) is 4.52. The molecule has 1 aromatic heterocycles. The number of nitrogens with one attached hydrogen (secondary N) is 1. The molecule has 0 amide bonds. The second-order valence-corrected chi connectivity index (χ2v) is 5.62. The highest BCUT2D eigenvalue weighted by Gasteiger charge is 2.19. The van der Waals surface area contributed by atoms with Crippen LogP contribution in [0.3, 0.4) is 0 Å². The number of sulfonamides is 1. The van der Waals surface area contributed by atoms with Crippen molar-refractivity contribution < 1.29 is 12.8 Å². The smallest absolute Gasteiger partial charge is 0.264 e. The number of anilines is 1. The molecule has 1 heterocycles. The van der Waals surface area contributed by atoms with Crippen LogP contribution < -0.4 is 10.5 Å². The molecule has 0 spiro atoms. The van der Waals surface area contributed by atoms with Gasteiger partial charge in [0.15, 0.2) is 0 Å². The number of nitrogens with two attached hydrogens (primary N) is 1. The van der Waals surface area contributed by atoms with Gasteiger partial charge in [0.25, 0.3) is 10.0 Å². The molecule has 0 bridgehead atoms. The van der Waals surface area contributed by atoms with E-state index < -0.39 is 15.8 Å². The minimum Gasteiger partial charge on any atom is -0.320 e. The van der Waals surface area contributed by atoms with Crippen LogP contribution in [0.2, 0.25) is 0 Å². The highest BCUT2D eigenvalue weighted by Crippen LogP contribution is 2.19. The second kappa shape index (κ2) is 6.35. The molecule has 0 saturated carbocycles. The Morgan fingerprint density at radius 3 is 2.76 bits per heavy atom. The zero-order valence-electron chi connectivity index (χ0n) is 10.9. The number of hydrogen-bond acceptors (Lipinski definition) is 4. The number of halogens is 1. The molecule has 21 heavy (non-hydrogen) atoms. The van der Waals surface area contributed by atoms with Gasteiger partial charge in [-0.1, -0.05) is 17.9 Å². The highest BCUT2D eigenvalue weighted by molar-refractivity contribution is 7.92. The Morgan fingerprint density at radius 1 is 1.29 bits per heavy atom. The average Bonchev–Trinajstić information content (AvgIpc) is 2.45. The summed E-state index contributed by atoms with van der Waals surface area (Å²) in [4.78, 5) is 3.75. The number of rotatable bonds is 3. The number of nitrogens with zero attached hydrogens (tertiary/aromatic N) is 1. The molecule has 2 aromatic rings. The van der Waals surface area contributed by atoms with E-state index in [1.165, 1.54) is 12.3 Å². The fourth-order valence-corrected chi connectivity index (χ4v) is 2.75. The summed E-state index contributed by atoms with van der Waals surface area (Å²) in [6.07, 6.45) is 1.46. The largest absolute Gasteiger partial charge is 0.320 e. The summed E-state index contributed by atoms with van der Waals surface area (Å²) in [6.45, 7) is 0.0453. The second-order valence-electron chi connectivity index (χ2n) is 3.97. The van der Waals surface area contributed by atoms with Gasteiger partial charge >= 0.3 is 0 Å². The molecule has 0 atom stereocenters. The third-order valence-electron chi connectivity index (χ3n) is 2.46. The third-order valence-corrected chi connectivity index (χ3v) is 3.87. The van der Waals surface area contributed by atoms with Crippen LogP contribution in [-0.4, -0.2) is 19.9 Å². The van der Waals surface area contributed by atoms with E-state index in [4.69, 9.17) is 5.73 Å². The van der Waals surface area contributed by atoms with E-state index in [0.29, 0.717) is 0 Å². The van der Waals surface area contributed by atoms with Gasteiger partial charge in [-0.3, -0.25) is 4.72 Å². The quantitative estimate of drug-likeness (QED) is 0.838. The Balaban J connectivity index is 2.45. The SMILES string of the molecule is NCC#Cc1cc(F)ccc1S(=O)(=O)Nc1ccccn1. The van der Waals surface area contributed by atoms with Crippen LogP contribution in [0, 0.1) is 17.7 Å². The van der Waals surface area contributed by atoms with E-state index in [0.717, 1.165) is 18.2 Å². The summed E-state index contributed by atoms with van der Waals surface area (Å²) in [6, 6.07) is 8.07. The van der Waals surface area contributed by atoms with Crippen molar-refractivity contribution in [2.45, 2.75) is 4.90 Å². The zero-order valence-corrected chi connectivity index (χ0v) is 11.7. The number of pyridine rings is 1. The monoisotopic (exact) mass is 305 g/mol. The molecule has 0 aliphatic heterocycles. The Hall–Kier alpha value is -2.43. The molecule has 2 rings (SSSR count). The molecule has 3 N–H and O–H groups in total. The van der Waals surface area contributed by atoms with Gasteiger partial charge in [0.1, 0.15) is 16.5 Å². The van der Waals surface area contributed by atoms with Crippen LogP contribution in [0.15, 0.2) is 47.5 Å². The lowest BCUT2D eigenvalue weighted by atomic mass is 10.2. The summed E-state index contributed by atoms with van der Waals surface area (Å²) < 4.78 is 40.2. The van der Waals surface area contributed by atoms with Crippen LogP contribution in [0.25, 0.3) is 0 Å². The van der Waals surface area contributed by atoms with Crippen LogP contribution in [0.4, 0.5) is 10.2 Å². The molecule has 0 aliphatic carbocycles. The van der Waals surface area contributed by atoms with Gasteiger partial charge in [-0.25, -0.2) is 17.8 Å². The minimum atomic E-state index is -3.91. The van der Waals surface area contributed by atoms with E-state index >= 15 is 0 Å². The van der Waals surface area contributed by atoms with Gasteiger partial charge < -0.3 is 5.73 Å². The van der Waals surface area contributed by atoms with Crippen molar-refractivity contribution in [2.24, 2.45) is 5.73 Å². The van der Waals surface area contributed by atoms with Crippen LogP contribution >= 0.6 is 0 Å². The maximum Gasteiger partial charge on any atom is 0.264 e. The lowest BCUT2D eigenvalue weighted by Crippen LogP contribution is -2.15. The summed E-state index contributed by atoms with van der Waals surface area (Å²) in [5.41, 5.74) is 5.30. The Labute approximate surface area is 122 Å². The lowest BCUT2D eigenvalue weighted by molar-refractivity contribution is 0.599. The van der Waals surface area contributed by atoms with Gasteiger partial charge in [-0.05, 0) is 30.3 Å². The Morgan fingerprint density at radius 2 is 2.10 bits per heavy atom. The van der Waals surface area contributed by atoms with Gasteiger partial charge in [0.05, 0.1) is 6.54 Å². The summed E-state index contributed by atoms with van der Waals surface area (Å²) in [7, 11) is -3.91. The predicted molar refractivity (Wildman–Crippen MR) is 77.4 cm³/mol. The van der Waals surface area contributed by atoms with Crippen molar-refractivity contribution in [2.75, 3.05) is 11.3 Å². The Bertz CT molecular complexity index is 796. The van der Waals surface area contributed by atoms with E-state index in [2.05, 4.69) is 21.5 Å². The van der Waals surface area contributed by atoms with E-state index in [1.807, 2.05) is 0 Å². The van der Waals surface area contributed by atoms with Crippen molar-refractivity contribution in [3.8, 4) is 11.8 Å². The van der Waals surface area contributed by atoms with Crippen molar-refractivity contribution in [3.05, 3.63) is 54.0 Å². The first-order valence-electron chi connectivity index (χ1n) is 5.95. The van der Waals surface area contributed by atoms with E-state index in [1.54, 1.807) is 12.1 Å². The third kappa shape index (κ3) is 3.78. The minimum absolute atomic E-state index is 0.0453. The molecule has 108 valence electrons. The molecule has 0 unspecified atom stereocenters. The van der Waals surface area contributed by atoms with Crippen molar-refractivity contribution >= 4 is 15.8 Å². The van der Waals surface area contributed by atoms with Gasteiger partial charge in [-0.2, -0.15) is 0 Å². The van der Waals surface area contributed by atoms with E-state index in [9.17, 15) is 12.8 Å². The van der Waals surface area contributed by atoms with Gasteiger partial charge in [0.2, 0.25) is 0 Å². The summed E-state index contributed by atoms with van der Waals surface area (Å²) in [5, 5.41) is 0. The van der Waals surface area contributed by atoms with Crippen LogP contribution in [0.1, 0.15) is 5.56 Å². The molecule has 0 fully saturated rings. The number of hydrogen-bond donors (Lipinski definition) is 2. The molecule has 0 saturated heterocycles. The summed E-state index contributed by atoms with van der Waals surface area (Å²) >= 11 is 0. The van der Waals surface area contributed by atoms with Crippen LogP contribution in [0.5, 0.6) is 0 Å². The van der Waals surface area contributed by atoms with Gasteiger partial charge in [-0.15, -0.1) is 0 Å². The zero-order chi connectivity index (χ0) is 15.3. The topological polar surface area (TPSA) is 85.1 Å². The van der Waals surface area contributed by atoms with E-state index in [-0.39, 0.29) is 22.8 Å². The maximum atomic E-state index is 13.3. The van der Waals surface area contributed by atoms with Crippen molar-refractivity contribution in [1.82, 2.24) is 4.98 Å². The molecule has 0 aliphatic rings. The maximum absolute atomic E-state index is 13.3. The molecule has 5 nitrogen and oxygen atoms in total. The van der Waals surface area contributed by atoms with Crippen molar-refractivity contribution in [1.29, 1.82) is 0 Å². The molecular formula is C14H12FN3O2S. The number of aromatic nitrogens is 1. The van der Waals surface area contributed by atoms with Gasteiger partial charge in [0, 0.05) is 11.8 Å². The highest BCUT2D eigenvalue weighted by atomic mass is 32.2. The molecule has 0 radical (unpaired) electrons.